The van der Waals surface area contributed by atoms with Crippen molar-refractivity contribution < 1.29 is 28.9 Å². The van der Waals surface area contributed by atoms with Crippen LogP contribution in [-0.2, 0) is 32.3 Å². The standard InChI is InChI=1S/C33H35N11O5S2/c1-49-40-24(28-39-33(35)51-41-28)29(45)38-25-30(46)44-26(32(47)48)21(17-50-31(25)44)15-42-11-8-19-9-12-43(23(19)16-42)14-18-4-6-20(7-5-18)27(34)37-22-3-2-10-36-13-22/h4-9,11-12,16,22,25,31,36H,2-3,10,13-15,17H2,1H3,(H5-,34,35,37,38,39,41,45,47,48)/b40-24-/t22?,25-,31-/m1/s1. The molecule has 3 aliphatic rings. The van der Waals surface area contributed by atoms with Gasteiger partial charge in [0, 0.05) is 65.2 Å². The third kappa shape index (κ3) is 7.02. The summed E-state index contributed by atoms with van der Waals surface area (Å²) in [7, 11) is 1.25. The zero-order valence-electron chi connectivity index (χ0n) is 27.5. The minimum Gasteiger partial charge on any atom is -0.543 e. The summed E-state index contributed by atoms with van der Waals surface area (Å²) in [5, 5.41) is 34.4. The van der Waals surface area contributed by atoms with Crippen molar-refractivity contribution in [3.63, 3.8) is 0 Å². The molecule has 6 heterocycles. The number of carbonyl (C=O) groups is 3. The zero-order chi connectivity index (χ0) is 35.6. The smallest absolute Gasteiger partial charge is 0.278 e. The van der Waals surface area contributed by atoms with E-state index >= 15 is 0 Å². The molecule has 0 radical (unpaired) electrons. The van der Waals surface area contributed by atoms with Gasteiger partial charge < -0.3 is 41.0 Å². The quantitative estimate of drug-likeness (QED) is 0.0437. The summed E-state index contributed by atoms with van der Waals surface area (Å²) in [5.41, 5.74) is 8.55. The lowest BCUT2D eigenvalue weighted by Crippen LogP contribution is -2.71. The number of aliphatic carboxylic acids is 1. The van der Waals surface area contributed by atoms with Gasteiger partial charge in [-0.05, 0) is 31.0 Å². The molecule has 18 heteroatoms. The number of hydrogen-bond acceptors (Lipinski definition) is 13. The maximum absolute atomic E-state index is 13.3. The normalized spacial score (nSPS) is 20.5. The molecule has 4 aromatic rings. The number of amides is 2. The van der Waals surface area contributed by atoms with Gasteiger partial charge in [0.15, 0.2) is 24.1 Å². The highest BCUT2D eigenvalue weighted by Crippen LogP contribution is 2.40. The molecule has 0 spiro atoms. The van der Waals surface area contributed by atoms with E-state index in [1.165, 1.54) is 23.8 Å². The molecule has 3 aliphatic heterocycles. The number of thioether (sulfide) groups is 1. The van der Waals surface area contributed by atoms with Crippen molar-refractivity contribution in [1.82, 2.24) is 34.8 Å². The topological polar surface area (TPSA) is 220 Å². The molecule has 0 bridgehead atoms. The number of aromatic nitrogens is 4. The van der Waals surface area contributed by atoms with Crippen LogP contribution in [0.5, 0.6) is 0 Å². The predicted molar refractivity (Wildman–Crippen MR) is 188 cm³/mol. The summed E-state index contributed by atoms with van der Waals surface area (Å²) in [4.78, 5) is 48.7. The molecule has 3 aromatic heterocycles. The first-order valence-electron chi connectivity index (χ1n) is 16.2. The molecule has 51 heavy (non-hydrogen) atoms. The molecule has 1 unspecified atom stereocenters. The van der Waals surface area contributed by atoms with Crippen LogP contribution in [0.15, 0.2) is 71.4 Å². The molecule has 2 fully saturated rings. The average molecular weight is 730 g/mol. The molecular weight excluding hydrogens is 695 g/mol. The van der Waals surface area contributed by atoms with Crippen LogP contribution < -0.4 is 31.4 Å². The third-order valence-electron chi connectivity index (χ3n) is 8.97. The molecular formula is C33H35N11O5S2. The Hall–Kier alpha value is -5.33. The molecule has 0 saturated carbocycles. The van der Waals surface area contributed by atoms with Crippen LogP contribution in [-0.4, -0.2) is 91.6 Å². The molecule has 3 atom stereocenters. The van der Waals surface area contributed by atoms with Crippen molar-refractivity contribution in [2.75, 3.05) is 31.7 Å². The van der Waals surface area contributed by atoms with E-state index in [4.69, 9.17) is 16.0 Å². The first-order valence-corrected chi connectivity index (χ1v) is 18.0. The molecule has 264 valence electrons. The van der Waals surface area contributed by atoms with Gasteiger partial charge in [0.25, 0.3) is 11.8 Å². The second-order valence-electron chi connectivity index (χ2n) is 12.3. The second-order valence-corrected chi connectivity index (χ2v) is 14.2. The lowest BCUT2D eigenvalue weighted by atomic mass is 10.0. The number of fused-ring (bicyclic) bond motifs is 2. The third-order valence-corrected chi connectivity index (χ3v) is 10.8. The maximum atomic E-state index is 13.3. The fourth-order valence-electron chi connectivity index (χ4n) is 6.47. The minimum atomic E-state index is -1.47. The van der Waals surface area contributed by atoms with E-state index < -0.39 is 29.2 Å². The fourth-order valence-corrected chi connectivity index (χ4v) is 8.24. The summed E-state index contributed by atoms with van der Waals surface area (Å²) in [6, 6.07) is 11.2. The van der Waals surface area contributed by atoms with Crippen LogP contribution in [0.4, 0.5) is 5.13 Å². The van der Waals surface area contributed by atoms with Gasteiger partial charge in [-0.2, -0.15) is 13.9 Å². The highest BCUT2D eigenvalue weighted by molar-refractivity contribution is 8.00. The van der Waals surface area contributed by atoms with Crippen molar-refractivity contribution in [2.45, 2.75) is 43.4 Å². The molecule has 1 aromatic carbocycles. The highest BCUT2D eigenvalue weighted by atomic mass is 32.2. The molecule has 6 N–H and O–H groups in total. The first kappa shape index (κ1) is 34.1. The number of pyridine rings is 1. The van der Waals surface area contributed by atoms with Crippen LogP contribution in [0, 0.1) is 5.41 Å². The molecule has 16 nitrogen and oxygen atoms in total. The maximum Gasteiger partial charge on any atom is 0.278 e. The molecule has 7 rings (SSSR count). The van der Waals surface area contributed by atoms with Gasteiger partial charge in [-0.25, -0.2) is 0 Å². The Morgan fingerprint density at radius 2 is 2.06 bits per heavy atom. The summed E-state index contributed by atoms with van der Waals surface area (Å²) >= 11 is 2.22. The van der Waals surface area contributed by atoms with E-state index in [0.717, 1.165) is 59.5 Å². The Balaban J connectivity index is 1.04. The van der Waals surface area contributed by atoms with Crippen LogP contribution in [0.2, 0.25) is 0 Å². The van der Waals surface area contributed by atoms with Crippen molar-refractivity contribution in [1.29, 1.82) is 5.41 Å². The van der Waals surface area contributed by atoms with Crippen molar-refractivity contribution >= 4 is 68.7 Å². The van der Waals surface area contributed by atoms with Gasteiger partial charge in [-0.15, -0.1) is 11.8 Å². The van der Waals surface area contributed by atoms with Crippen molar-refractivity contribution in [2.24, 2.45) is 5.16 Å². The number of rotatable bonds is 11. The largest absolute Gasteiger partial charge is 0.543 e. The predicted octanol–water partition coefficient (Wildman–Crippen LogP) is -0.468. The molecule has 0 aliphatic carbocycles. The van der Waals surface area contributed by atoms with Gasteiger partial charge in [0.2, 0.25) is 11.5 Å². The number of nitrogens with zero attached hydrogens (tertiary/aromatic N) is 6. The van der Waals surface area contributed by atoms with Gasteiger partial charge in [-0.3, -0.25) is 19.9 Å². The van der Waals surface area contributed by atoms with Gasteiger partial charge in [0.1, 0.15) is 29.9 Å². The fraction of sp³-hybridized carbons (Fsp3) is 0.333. The number of oxime groups is 1. The van der Waals surface area contributed by atoms with E-state index in [0.29, 0.717) is 23.7 Å². The number of nitrogens with one attached hydrogen (secondary N) is 4. The number of anilines is 1. The Morgan fingerprint density at radius 1 is 1.24 bits per heavy atom. The van der Waals surface area contributed by atoms with Gasteiger partial charge in [-0.1, -0.05) is 29.4 Å². The van der Waals surface area contributed by atoms with E-state index in [2.05, 4.69) is 35.0 Å². The van der Waals surface area contributed by atoms with Crippen LogP contribution >= 0.6 is 23.3 Å². The molecule has 2 saturated heterocycles. The lowest BCUT2D eigenvalue weighted by Gasteiger charge is -2.50. The monoisotopic (exact) mass is 729 g/mol. The van der Waals surface area contributed by atoms with Gasteiger partial charge >= 0.3 is 0 Å². The number of benzene rings is 1. The first-order chi connectivity index (χ1) is 24.7. The number of amidine groups is 1. The van der Waals surface area contributed by atoms with Crippen molar-refractivity contribution in [3.05, 3.63) is 83.2 Å². The van der Waals surface area contributed by atoms with E-state index in [-0.39, 0.29) is 35.0 Å². The van der Waals surface area contributed by atoms with Crippen molar-refractivity contribution in [3.8, 4) is 0 Å². The SMILES string of the molecule is CO/N=C(\C(=O)N[C@@H]1C(=O)N2C(C(=O)[O-])=C(C[n+]3ccc4ccn(Cc5ccc(C(=N)NC6CCCNC6)cc5)c4c3)CS[C@H]12)c1nsc(N)n1. The summed E-state index contributed by atoms with van der Waals surface area (Å²) in [6.07, 6.45) is 7.97. The Morgan fingerprint density at radius 3 is 2.76 bits per heavy atom. The van der Waals surface area contributed by atoms with Gasteiger partial charge in [0.05, 0.1) is 11.7 Å². The Kier molecular flexibility index (Phi) is 9.70. The average Bonchev–Trinajstić information content (AvgIpc) is 3.75. The van der Waals surface area contributed by atoms with Crippen LogP contribution in [0.3, 0.4) is 0 Å². The Labute approximate surface area is 300 Å². The Bertz CT molecular complexity index is 2070. The minimum absolute atomic E-state index is 0.0513. The number of carboxylic acid groups (broad SMARTS) is 1. The number of piperidine rings is 1. The number of carbonyl (C=O) groups excluding carboxylic acids is 3. The number of hydrogen-bond donors (Lipinski definition) is 5. The van der Waals surface area contributed by atoms with Crippen LogP contribution in [0.1, 0.15) is 29.8 Å². The zero-order valence-corrected chi connectivity index (χ0v) is 29.1. The number of carboxylic acids is 1. The van der Waals surface area contributed by atoms with E-state index in [1.807, 2.05) is 59.6 Å². The summed E-state index contributed by atoms with van der Waals surface area (Å²) in [5.74, 6) is -2.15. The molecule has 2 amide bonds. The van der Waals surface area contributed by atoms with Crippen LogP contribution in [0.25, 0.3) is 10.9 Å². The lowest BCUT2D eigenvalue weighted by molar-refractivity contribution is -0.687. The number of β-lactam (4-membered cyclic amide) rings is 1. The highest BCUT2D eigenvalue weighted by Gasteiger charge is 2.53. The summed E-state index contributed by atoms with van der Waals surface area (Å²) < 4.78 is 7.98. The summed E-state index contributed by atoms with van der Waals surface area (Å²) in [6.45, 7) is 2.70. The number of nitrogen functional groups attached to an aromatic ring is 1. The van der Waals surface area contributed by atoms with E-state index in [1.54, 1.807) is 0 Å². The van der Waals surface area contributed by atoms with E-state index in [9.17, 15) is 19.5 Å². The number of nitrogens with two attached hydrogens (primary N) is 1. The second kappa shape index (κ2) is 14.5.